The number of Topliss-reactive ketones (excluding diaryl/α,β-unsaturated/α-hetero) is 1. The molecule has 7 heteroatoms. The van der Waals surface area contributed by atoms with Crippen LogP contribution < -0.4 is 0 Å². The third-order valence-electron chi connectivity index (χ3n) is 7.73. The molecule has 0 aromatic carbocycles. The van der Waals surface area contributed by atoms with Gasteiger partial charge in [-0.15, -0.1) is 0 Å². The topological polar surface area (TPSA) is 99.1 Å². The summed E-state index contributed by atoms with van der Waals surface area (Å²) in [7, 11) is 1.37. The highest BCUT2D eigenvalue weighted by Crippen LogP contribution is 2.54. The highest BCUT2D eigenvalue weighted by molar-refractivity contribution is 5.92. The van der Waals surface area contributed by atoms with Gasteiger partial charge < -0.3 is 19.3 Å². The van der Waals surface area contributed by atoms with Crippen LogP contribution in [-0.2, 0) is 28.6 Å². The van der Waals surface area contributed by atoms with Gasteiger partial charge in [0.25, 0.3) is 5.79 Å². The smallest absolute Gasteiger partial charge is 0.336 e. The van der Waals surface area contributed by atoms with Crippen LogP contribution in [0.4, 0.5) is 0 Å². The number of carbonyl (C=O) groups excluding carboxylic acids is 3. The van der Waals surface area contributed by atoms with Crippen molar-refractivity contribution >= 4 is 17.7 Å². The van der Waals surface area contributed by atoms with Crippen LogP contribution in [0.3, 0.4) is 0 Å². The monoisotopic (exact) mass is 422 g/mol. The van der Waals surface area contributed by atoms with Gasteiger partial charge in [-0.1, -0.05) is 26.7 Å². The van der Waals surface area contributed by atoms with Crippen molar-refractivity contribution in [1.29, 1.82) is 0 Å². The predicted octanol–water partition coefficient (Wildman–Crippen LogP) is 2.94. The number of methoxy groups -OCH3 is 1. The minimum Gasteiger partial charge on any atom is -0.465 e. The Hall–Kier alpha value is -1.73. The Labute approximate surface area is 178 Å². The second-order valence-electron chi connectivity index (χ2n) is 9.52. The summed E-state index contributed by atoms with van der Waals surface area (Å²) in [4.78, 5) is 37.2. The molecule has 0 radical (unpaired) electrons. The summed E-state index contributed by atoms with van der Waals surface area (Å²) in [6.45, 7) is 7.11. The molecule has 7 nitrogen and oxygen atoms in total. The summed E-state index contributed by atoms with van der Waals surface area (Å²) in [6.07, 6.45) is 3.27. The number of hydrogen-bond donors (Lipinski definition) is 1. The second-order valence-corrected chi connectivity index (χ2v) is 9.52. The van der Waals surface area contributed by atoms with Crippen LogP contribution >= 0.6 is 0 Å². The van der Waals surface area contributed by atoms with Crippen LogP contribution in [0.25, 0.3) is 0 Å². The maximum absolute atomic E-state index is 13.2. The van der Waals surface area contributed by atoms with E-state index in [1.54, 1.807) is 6.92 Å². The zero-order valence-corrected chi connectivity index (χ0v) is 18.7. The van der Waals surface area contributed by atoms with Crippen molar-refractivity contribution in [1.82, 2.24) is 0 Å². The van der Waals surface area contributed by atoms with Crippen molar-refractivity contribution in [2.45, 2.75) is 78.1 Å². The second kappa shape index (κ2) is 8.42. The minimum atomic E-state index is -1.74. The molecule has 0 aromatic heterocycles. The summed E-state index contributed by atoms with van der Waals surface area (Å²) in [5, 5.41) is 11.3. The van der Waals surface area contributed by atoms with Crippen molar-refractivity contribution < 1.29 is 33.7 Å². The van der Waals surface area contributed by atoms with E-state index in [0.29, 0.717) is 29.9 Å². The molecular weight excluding hydrogens is 388 g/mol. The zero-order chi connectivity index (χ0) is 22.3. The molecule has 168 valence electrons. The van der Waals surface area contributed by atoms with Crippen LogP contribution in [0.1, 0.15) is 66.2 Å². The van der Waals surface area contributed by atoms with Gasteiger partial charge in [0.2, 0.25) is 0 Å². The largest absolute Gasteiger partial charge is 0.465 e. The number of ketones is 1. The summed E-state index contributed by atoms with van der Waals surface area (Å²) in [6, 6.07) is 0. The highest BCUT2D eigenvalue weighted by atomic mass is 16.7. The molecule has 1 aliphatic heterocycles. The van der Waals surface area contributed by atoms with E-state index in [4.69, 9.17) is 14.2 Å². The molecule has 6 atom stereocenters. The van der Waals surface area contributed by atoms with Gasteiger partial charge in [-0.2, -0.15) is 0 Å². The van der Waals surface area contributed by atoms with E-state index in [-0.39, 0.29) is 30.1 Å². The van der Waals surface area contributed by atoms with Crippen molar-refractivity contribution in [2.24, 2.45) is 23.2 Å². The number of carbonyl (C=O) groups is 3. The molecule has 0 bridgehead atoms. The number of esters is 2. The van der Waals surface area contributed by atoms with Crippen molar-refractivity contribution in [3.8, 4) is 0 Å². The molecule has 1 N–H and O–H groups in total. The van der Waals surface area contributed by atoms with Gasteiger partial charge in [0, 0.05) is 31.6 Å². The molecule has 1 heterocycles. The SMILES string of the molecule is CO[C@@]12OC(=O)C(C)=C1CC1[C@@H](C)CCC[C@]1(C)CCC(=O)[C@@H](COC(C)=O)[C@H]2O. The van der Waals surface area contributed by atoms with Gasteiger partial charge in [0.1, 0.15) is 18.5 Å². The lowest BCUT2D eigenvalue weighted by atomic mass is 9.58. The van der Waals surface area contributed by atoms with Crippen molar-refractivity contribution in [2.75, 3.05) is 13.7 Å². The minimum absolute atomic E-state index is 0.0694. The summed E-state index contributed by atoms with van der Waals surface area (Å²) < 4.78 is 16.4. The molecular formula is C23H34O7. The van der Waals surface area contributed by atoms with Crippen molar-refractivity contribution in [3.05, 3.63) is 11.1 Å². The fourth-order valence-electron chi connectivity index (χ4n) is 5.79. The van der Waals surface area contributed by atoms with Crippen LogP contribution in [0.15, 0.2) is 11.1 Å². The van der Waals surface area contributed by atoms with Crippen LogP contribution in [-0.4, -0.2) is 48.4 Å². The van der Waals surface area contributed by atoms with Gasteiger partial charge in [-0.3, -0.25) is 9.59 Å². The van der Waals surface area contributed by atoms with Crippen molar-refractivity contribution in [3.63, 3.8) is 0 Å². The third-order valence-corrected chi connectivity index (χ3v) is 7.73. The first-order valence-corrected chi connectivity index (χ1v) is 10.9. The van der Waals surface area contributed by atoms with Gasteiger partial charge in [-0.05, 0) is 43.4 Å². The molecule has 0 saturated heterocycles. The third kappa shape index (κ3) is 3.82. The fraction of sp³-hybridized carbons (Fsp3) is 0.783. The maximum atomic E-state index is 13.2. The first-order valence-electron chi connectivity index (χ1n) is 10.9. The van der Waals surface area contributed by atoms with Crippen LogP contribution in [0.5, 0.6) is 0 Å². The van der Waals surface area contributed by atoms with E-state index in [2.05, 4.69) is 13.8 Å². The lowest BCUT2D eigenvalue weighted by Crippen LogP contribution is -2.55. The summed E-state index contributed by atoms with van der Waals surface area (Å²) in [5.41, 5.74) is 0.963. The Bertz CT molecular complexity index is 757. The molecule has 2 saturated carbocycles. The molecule has 30 heavy (non-hydrogen) atoms. The zero-order valence-electron chi connectivity index (χ0n) is 18.7. The molecule has 3 rings (SSSR count). The molecule has 0 spiro atoms. The Morgan fingerprint density at radius 2 is 2.00 bits per heavy atom. The maximum Gasteiger partial charge on any atom is 0.336 e. The Morgan fingerprint density at radius 3 is 2.63 bits per heavy atom. The quantitative estimate of drug-likeness (QED) is 0.698. The number of aliphatic hydroxyl groups excluding tert-OH is 1. The molecule has 0 aromatic rings. The number of ether oxygens (including phenoxy) is 3. The summed E-state index contributed by atoms with van der Waals surface area (Å²) >= 11 is 0. The molecule has 0 amide bonds. The molecule has 2 fully saturated rings. The first-order chi connectivity index (χ1) is 14.1. The van der Waals surface area contributed by atoms with E-state index >= 15 is 0 Å². The number of hydrogen-bond acceptors (Lipinski definition) is 7. The van der Waals surface area contributed by atoms with Gasteiger partial charge in [0.15, 0.2) is 0 Å². The highest BCUT2D eigenvalue weighted by Gasteiger charge is 2.58. The Kier molecular flexibility index (Phi) is 6.44. The number of aliphatic hydroxyl groups is 1. The Morgan fingerprint density at radius 1 is 1.30 bits per heavy atom. The van der Waals surface area contributed by atoms with E-state index in [1.165, 1.54) is 14.0 Å². The average Bonchev–Trinajstić information content (AvgIpc) is 2.93. The van der Waals surface area contributed by atoms with Gasteiger partial charge >= 0.3 is 11.9 Å². The molecule has 2 aliphatic carbocycles. The molecule has 1 unspecified atom stereocenters. The van der Waals surface area contributed by atoms with Crippen LogP contribution in [0.2, 0.25) is 0 Å². The normalized spacial score (nSPS) is 39.8. The lowest BCUT2D eigenvalue weighted by Gasteiger charge is -2.48. The Balaban J connectivity index is 2.10. The predicted molar refractivity (Wildman–Crippen MR) is 108 cm³/mol. The van der Waals surface area contributed by atoms with Gasteiger partial charge in [-0.25, -0.2) is 4.79 Å². The van der Waals surface area contributed by atoms with E-state index in [1.807, 2.05) is 0 Å². The first kappa shape index (κ1) is 22.9. The van der Waals surface area contributed by atoms with E-state index in [0.717, 1.165) is 19.3 Å². The van der Waals surface area contributed by atoms with E-state index < -0.39 is 29.7 Å². The number of fused-ring (bicyclic) bond motifs is 2. The van der Waals surface area contributed by atoms with Gasteiger partial charge in [0.05, 0.1) is 5.92 Å². The number of rotatable bonds is 3. The van der Waals surface area contributed by atoms with E-state index in [9.17, 15) is 19.5 Å². The molecule has 3 aliphatic rings. The standard InChI is InChI=1S/C23H34O7/c1-13-7-6-9-22(4)10-8-19(25)16(12-29-15(3)24)20(26)23(28-5)18(11-17(13)22)14(2)21(27)30-23/h13,16-17,20,26H,6-12H2,1-5H3/t13-,16+,17?,20+,22+,23+/m0/s1. The van der Waals surface area contributed by atoms with Crippen LogP contribution in [0, 0.1) is 23.2 Å². The fourth-order valence-corrected chi connectivity index (χ4v) is 5.79. The lowest BCUT2D eigenvalue weighted by molar-refractivity contribution is -0.243. The average molecular weight is 423 g/mol. The summed E-state index contributed by atoms with van der Waals surface area (Å²) in [5.74, 6) is -3.42.